The highest BCUT2D eigenvalue weighted by molar-refractivity contribution is 6.31. The lowest BCUT2D eigenvalue weighted by molar-refractivity contribution is 0.517. The first-order valence-electron chi connectivity index (χ1n) is 5.58. The molecular weight excluding hydrogens is 234 g/mol. The van der Waals surface area contributed by atoms with Crippen molar-refractivity contribution in [3.8, 4) is 0 Å². The molecule has 0 aliphatic carbocycles. The lowest BCUT2D eigenvalue weighted by Gasteiger charge is -2.13. The van der Waals surface area contributed by atoms with Gasteiger partial charge in [0.25, 0.3) is 0 Å². The standard InChI is InChI=1S/C13H16ClN3/c1-9-3-5-11(6-4-9)13(15)8-17-10(2)12(14)7-16-17/h3-7,13H,8,15H2,1-2H3. The van der Waals surface area contributed by atoms with Crippen molar-refractivity contribution in [1.29, 1.82) is 0 Å². The van der Waals surface area contributed by atoms with Crippen LogP contribution >= 0.6 is 11.6 Å². The Morgan fingerprint density at radius 1 is 1.29 bits per heavy atom. The number of aryl methyl sites for hydroxylation is 1. The average molecular weight is 250 g/mol. The summed E-state index contributed by atoms with van der Waals surface area (Å²) in [4.78, 5) is 0. The summed E-state index contributed by atoms with van der Waals surface area (Å²) in [6, 6.07) is 8.18. The van der Waals surface area contributed by atoms with E-state index in [1.54, 1.807) is 6.20 Å². The molecule has 0 radical (unpaired) electrons. The maximum Gasteiger partial charge on any atom is 0.0814 e. The van der Waals surface area contributed by atoms with Crippen molar-refractivity contribution in [3.05, 3.63) is 52.3 Å². The van der Waals surface area contributed by atoms with E-state index >= 15 is 0 Å². The fourth-order valence-corrected chi connectivity index (χ4v) is 1.85. The number of hydrogen-bond donors (Lipinski definition) is 1. The molecule has 17 heavy (non-hydrogen) atoms. The zero-order chi connectivity index (χ0) is 12.4. The van der Waals surface area contributed by atoms with Crippen LogP contribution in [0.3, 0.4) is 0 Å². The highest BCUT2D eigenvalue weighted by Crippen LogP contribution is 2.17. The summed E-state index contributed by atoms with van der Waals surface area (Å²) in [6.07, 6.45) is 1.65. The first-order chi connectivity index (χ1) is 8.08. The lowest BCUT2D eigenvalue weighted by atomic mass is 10.1. The summed E-state index contributed by atoms with van der Waals surface area (Å²) in [5, 5.41) is 4.88. The molecule has 1 aromatic carbocycles. The minimum atomic E-state index is -0.0646. The van der Waals surface area contributed by atoms with Gasteiger partial charge in [-0.1, -0.05) is 41.4 Å². The molecule has 1 unspecified atom stereocenters. The van der Waals surface area contributed by atoms with E-state index in [0.29, 0.717) is 11.6 Å². The molecule has 1 atom stereocenters. The SMILES string of the molecule is Cc1ccc(C(N)Cn2ncc(Cl)c2C)cc1. The van der Waals surface area contributed by atoms with Crippen LogP contribution in [0.2, 0.25) is 5.02 Å². The van der Waals surface area contributed by atoms with E-state index in [9.17, 15) is 0 Å². The molecule has 2 N–H and O–H groups in total. The summed E-state index contributed by atoms with van der Waals surface area (Å²) in [6.45, 7) is 4.64. The van der Waals surface area contributed by atoms with Gasteiger partial charge in [0, 0.05) is 6.04 Å². The minimum Gasteiger partial charge on any atom is -0.322 e. The molecule has 2 aromatic rings. The summed E-state index contributed by atoms with van der Waals surface area (Å²) in [5.74, 6) is 0. The molecule has 0 amide bonds. The highest BCUT2D eigenvalue weighted by Gasteiger charge is 2.10. The lowest BCUT2D eigenvalue weighted by Crippen LogP contribution is -2.19. The second-order valence-electron chi connectivity index (χ2n) is 4.28. The zero-order valence-electron chi connectivity index (χ0n) is 10.0. The summed E-state index contributed by atoms with van der Waals surface area (Å²) >= 11 is 5.96. The van der Waals surface area contributed by atoms with E-state index < -0.39 is 0 Å². The Bertz CT molecular complexity index is 502. The molecule has 0 aliphatic heterocycles. The van der Waals surface area contributed by atoms with Crippen molar-refractivity contribution in [2.24, 2.45) is 5.73 Å². The largest absolute Gasteiger partial charge is 0.322 e. The highest BCUT2D eigenvalue weighted by atomic mass is 35.5. The van der Waals surface area contributed by atoms with Gasteiger partial charge < -0.3 is 5.73 Å². The average Bonchev–Trinajstić information content (AvgIpc) is 2.62. The van der Waals surface area contributed by atoms with Gasteiger partial charge in [0.05, 0.1) is 23.5 Å². The molecule has 0 saturated heterocycles. The molecule has 0 aliphatic rings. The van der Waals surface area contributed by atoms with Gasteiger partial charge in [0.15, 0.2) is 0 Å². The van der Waals surface area contributed by atoms with Crippen molar-refractivity contribution in [1.82, 2.24) is 9.78 Å². The molecular formula is C13H16ClN3. The maximum absolute atomic E-state index is 6.15. The molecule has 1 heterocycles. The first-order valence-corrected chi connectivity index (χ1v) is 5.96. The minimum absolute atomic E-state index is 0.0646. The molecule has 2 rings (SSSR count). The quantitative estimate of drug-likeness (QED) is 0.909. The van der Waals surface area contributed by atoms with E-state index in [1.165, 1.54) is 5.56 Å². The van der Waals surface area contributed by atoms with Crippen molar-refractivity contribution in [2.75, 3.05) is 0 Å². The number of hydrogen-bond acceptors (Lipinski definition) is 2. The van der Waals surface area contributed by atoms with Crippen LogP contribution in [-0.2, 0) is 6.54 Å². The Labute approximate surface area is 106 Å². The first kappa shape index (κ1) is 12.1. The van der Waals surface area contributed by atoms with Crippen LogP contribution in [-0.4, -0.2) is 9.78 Å². The zero-order valence-corrected chi connectivity index (χ0v) is 10.8. The van der Waals surface area contributed by atoms with Gasteiger partial charge in [0.1, 0.15) is 0 Å². The summed E-state index contributed by atoms with van der Waals surface area (Å²) in [5.41, 5.74) is 9.45. The second-order valence-corrected chi connectivity index (χ2v) is 4.68. The van der Waals surface area contributed by atoms with E-state index in [1.807, 2.05) is 11.6 Å². The number of nitrogens with zero attached hydrogens (tertiary/aromatic N) is 2. The molecule has 4 heteroatoms. The van der Waals surface area contributed by atoms with E-state index in [4.69, 9.17) is 17.3 Å². The third-order valence-electron chi connectivity index (χ3n) is 2.92. The second kappa shape index (κ2) is 4.90. The predicted octanol–water partition coefficient (Wildman–Crippen LogP) is 2.85. The fourth-order valence-electron chi connectivity index (χ4n) is 1.71. The Hall–Kier alpha value is -1.32. The number of rotatable bonds is 3. The van der Waals surface area contributed by atoms with Gasteiger partial charge in [0.2, 0.25) is 0 Å². The number of aromatic nitrogens is 2. The molecule has 0 fully saturated rings. The molecule has 0 bridgehead atoms. The third-order valence-corrected chi connectivity index (χ3v) is 3.29. The van der Waals surface area contributed by atoms with Gasteiger partial charge >= 0.3 is 0 Å². The van der Waals surface area contributed by atoms with Gasteiger partial charge in [-0.3, -0.25) is 4.68 Å². The smallest absolute Gasteiger partial charge is 0.0814 e. The Morgan fingerprint density at radius 3 is 2.47 bits per heavy atom. The Kier molecular flexibility index (Phi) is 3.50. The summed E-state index contributed by atoms with van der Waals surface area (Å²) < 4.78 is 1.84. The number of nitrogens with two attached hydrogens (primary N) is 1. The van der Waals surface area contributed by atoms with Gasteiger partial charge in [-0.05, 0) is 19.4 Å². The van der Waals surface area contributed by atoms with E-state index in [-0.39, 0.29) is 6.04 Å². The van der Waals surface area contributed by atoms with Crippen LogP contribution < -0.4 is 5.73 Å². The van der Waals surface area contributed by atoms with Crippen LogP contribution in [0.25, 0.3) is 0 Å². The molecule has 90 valence electrons. The van der Waals surface area contributed by atoms with Crippen molar-refractivity contribution in [2.45, 2.75) is 26.4 Å². The fraction of sp³-hybridized carbons (Fsp3) is 0.308. The Morgan fingerprint density at radius 2 is 1.94 bits per heavy atom. The van der Waals surface area contributed by atoms with Crippen LogP contribution in [0.1, 0.15) is 22.9 Å². The summed E-state index contributed by atoms with van der Waals surface area (Å²) in [7, 11) is 0. The van der Waals surface area contributed by atoms with E-state index in [2.05, 4.69) is 36.3 Å². The number of benzene rings is 1. The topological polar surface area (TPSA) is 43.8 Å². The number of halogens is 1. The van der Waals surface area contributed by atoms with Crippen LogP contribution in [0.5, 0.6) is 0 Å². The molecule has 3 nitrogen and oxygen atoms in total. The van der Waals surface area contributed by atoms with Crippen molar-refractivity contribution in [3.63, 3.8) is 0 Å². The molecule has 1 aromatic heterocycles. The maximum atomic E-state index is 6.15. The van der Waals surface area contributed by atoms with Crippen molar-refractivity contribution >= 4 is 11.6 Å². The van der Waals surface area contributed by atoms with Crippen LogP contribution in [0.4, 0.5) is 0 Å². The van der Waals surface area contributed by atoms with E-state index in [0.717, 1.165) is 11.3 Å². The Balaban J connectivity index is 2.14. The molecule has 0 spiro atoms. The van der Waals surface area contributed by atoms with Crippen LogP contribution in [0, 0.1) is 13.8 Å². The third kappa shape index (κ3) is 2.68. The normalized spacial score (nSPS) is 12.7. The van der Waals surface area contributed by atoms with Crippen molar-refractivity contribution < 1.29 is 0 Å². The molecule has 0 saturated carbocycles. The van der Waals surface area contributed by atoms with Gasteiger partial charge in [-0.25, -0.2) is 0 Å². The van der Waals surface area contributed by atoms with Gasteiger partial charge in [-0.15, -0.1) is 0 Å². The van der Waals surface area contributed by atoms with Gasteiger partial charge in [-0.2, -0.15) is 5.10 Å². The predicted molar refractivity (Wildman–Crippen MR) is 70.1 cm³/mol. The monoisotopic (exact) mass is 249 g/mol. The van der Waals surface area contributed by atoms with Crippen LogP contribution in [0.15, 0.2) is 30.5 Å².